The Kier molecular flexibility index (Phi) is 6.40. The minimum Gasteiger partial charge on any atom is -0.497 e. The lowest BCUT2D eigenvalue weighted by atomic mass is 10.0. The molecule has 2 aromatic heterocycles. The number of tetrazole rings is 1. The zero-order valence-electron chi connectivity index (χ0n) is 17.3. The maximum absolute atomic E-state index is 12.8. The van der Waals surface area contributed by atoms with E-state index in [1.54, 1.807) is 43.0 Å². The Labute approximate surface area is 187 Å². The lowest BCUT2D eigenvalue weighted by Gasteiger charge is -2.27. The Morgan fingerprint density at radius 1 is 1.28 bits per heavy atom. The number of aromatic nitrogens is 4. The predicted octanol–water partition coefficient (Wildman–Crippen LogP) is 2.23. The van der Waals surface area contributed by atoms with Gasteiger partial charge in [0.05, 0.1) is 31.2 Å². The molecule has 32 heavy (non-hydrogen) atoms. The quantitative estimate of drug-likeness (QED) is 0.386. The first-order valence-electron chi connectivity index (χ1n) is 9.67. The first-order valence-corrected chi connectivity index (χ1v) is 10.7. The van der Waals surface area contributed by atoms with Crippen LogP contribution in [0.25, 0.3) is 5.69 Å². The lowest BCUT2D eigenvalue weighted by Crippen LogP contribution is -2.46. The summed E-state index contributed by atoms with van der Waals surface area (Å²) in [5, 5.41) is 17.7. The summed E-state index contributed by atoms with van der Waals surface area (Å²) in [6, 6.07) is 9.38. The van der Waals surface area contributed by atoms with Gasteiger partial charge in [-0.15, -0.1) is 5.10 Å². The number of carbonyl (C=O) groups is 2. The summed E-state index contributed by atoms with van der Waals surface area (Å²) in [5.41, 5.74) is 1.39. The van der Waals surface area contributed by atoms with Crippen molar-refractivity contribution in [3.8, 4) is 11.4 Å². The van der Waals surface area contributed by atoms with E-state index in [0.29, 0.717) is 22.4 Å². The summed E-state index contributed by atoms with van der Waals surface area (Å²) in [7, 11) is 1.59. The average molecular weight is 456 g/mol. The normalized spacial score (nSPS) is 15.8. The summed E-state index contributed by atoms with van der Waals surface area (Å²) in [6.07, 6.45) is 1.48. The number of furan rings is 1. The number of rotatable bonds is 8. The van der Waals surface area contributed by atoms with Crippen molar-refractivity contribution in [2.24, 2.45) is 0 Å². The first kappa shape index (κ1) is 21.4. The Balaban J connectivity index is 1.63. The maximum atomic E-state index is 12.8. The number of nitrogens with one attached hydrogen (secondary N) is 2. The van der Waals surface area contributed by atoms with E-state index in [1.165, 1.54) is 18.0 Å². The van der Waals surface area contributed by atoms with E-state index in [1.807, 2.05) is 12.1 Å². The van der Waals surface area contributed by atoms with Gasteiger partial charge >= 0.3 is 12.0 Å². The summed E-state index contributed by atoms with van der Waals surface area (Å²) in [6.45, 7) is 1.91. The summed E-state index contributed by atoms with van der Waals surface area (Å²) >= 11 is 1.26. The van der Waals surface area contributed by atoms with E-state index in [0.717, 1.165) is 5.69 Å². The van der Waals surface area contributed by atoms with Crippen LogP contribution in [0.4, 0.5) is 4.79 Å². The van der Waals surface area contributed by atoms with Crippen molar-refractivity contribution in [2.45, 2.75) is 18.1 Å². The number of benzene rings is 1. The van der Waals surface area contributed by atoms with Gasteiger partial charge in [0.25, 0.3) is 0 Å². The first-order chi connectivity index (χ1) is 15.6. The highest BCUT2D eigenvalue weighted by Gasteiger charge is 2.35. The van der Waals surface area contributed by atoms with Crippen molar-refractivity contribution in [3.63, 3.8) is 0 Å². The third kappa shape index (κ3) is 4.44. The lowest BCUT2D eigenvalue weighted by molar-refractivity contribution is -0.139. The van der Waals surface area contributed by atoms with Crippen molar-refractivity contribution >= 4 is 23.8 Å². The van der Waals surface area contributed by atoms with Crippen LogP contribution in [0, 0.1) is 0 Å². The predicted molar refractivity (Wildman–Crippen MR) is 113 cm³/mol. The van der Waals surface area contributed by atoms with Crippen LogP contribution in [0.5, 0.6) is 5.75 Å². The second kappa shape index (κ2) is 9.56. The topological polar surface area (TPSA) is 133 Å². The fourth-order valence-electron chi connectivity index (χ4n) is 3.14. The molecule has 0 aliphatic carbocycles. The van der Waals surface area contributed by atoms with Crippen molar-refractivity contribution in [2.75, 3.05) is 19.5 Å². The summed E-state index contributed by atoms with van der Waals surface area (Å²) in [5.74, 6) is 0.803. The maximum Gasteiger partial charge on any atom is 0.338 e. The Hall–Kier alpha value is -3.80. The van der Waals surface area contributed by atoms with E-state index < -0.39 is 18.0 Å². The van der Waals surface area contributed by atoms with Crippen LogP contribution in [0.3, 0.4) is 0 Å². The van der Waals surface area contributed by atoms with E-state index in [4.69, 9.17) is 13.9 Å². The molecule has 12 heteroatoms. The zero-order valence-corrected chi connectivity index (χ0v) is 18.1. The molecule has 0 unspecified atom stereocenters. The molecular weight excluding hydrogens is 436 g/mol. The van der Waals surface area contributed by atoms with Gasteiger partial charge in [-0.2, -0.15) is 4.68 Å². The van der Waals surface area contributed by atoms with Gasteiger partial charge in [0.1, 0.15) is 17.6 Å². The number of urea groups is 1. The highest BCUT2D eigenvalue weighted by molar-refractivity contribution is 7.99. The molecule has 1 aromatic carbocycles. The van der Waals surface area contributed by atoms with Crippen LogP contribution in [-0.2, 0) is 9.53 Å². The molecular formula is C20H20N6O5S. The van der Waals surface area contributed by atoms with Gasteiger partial charge in [-0.25, -0.2) is 9.59 Å². The molecule has 1 aliphatic heterocycles. The van der Waals surface area contributed by atoms with Crippen LogP contribution in [0.1, 0.15) is 18.7 Å². The Morgan fingerprint density at radius 3 is 2.78 bits per heavy atom. The molecule has 4 rings (SSSR count). The molecule has 0 saturated heterocycles. The molecule has 0 fully saturated rings. The van der Waals surface area contributed by atoms with Crippen LogP contribution in [0.15, 0.2) is 63.5 Å². The second-order valence-corrected chi connectivity index (χ2v) is 7.46. The fraction of sp³-hybridized carbons (Fsp3) is 0.250. The molecule has 0 bridgehead atoms. The molecule has 2 N–H and O–H groups in total. The molecule has 3 heterocycles. The van der Waals surface area contributed by atoms with Gasteiger partial charge in [-0.1, -0.05) is 11.8 Å². The molecule has 0 saturated carbocycles. The van der Waals surface area contributed by atoms with Crippen LogP contribution in [-0.4, -0.2) is 51.7 Å². The molecule has 2 amide bonds. The number of esters is 1. The molecule has 1 aliphatic rings. The van der Waals surface area contributed by atoms with E-state index in [9.17, 15) is 9.59 Å². The number of nitrogens with zero attached hydrogens (tertiary/aromatic N) is 4. The molecule has 0 spiro atoms. The largest absolute Gasteiger partial charge is 0.497 e. The van der Waals surface area contributed by atoms with Gasteiger partial charge in [0.15, 0.2) is 0 Å². The highest BCUT2D eigenvalue weighted by Crippen LogP contribution is 2.31. The smallest absolute Gasteiger partial charge is 0.338 e. The third-order valence-electron chi connectivity index (χ3n) is 4.58. The number of carbonyl (C=O) groups excluding carboxylic acids is 2. The van der Waals surface area contributed by atoms with Gasteiger partial charge in [0.2, 0.25) is 5.16 Å². The van der Waals surface area contributed by atoms with Crippen molar-refractivity contribution < 1.29 is 23.5 Å². The number of amides is 2. The van der Waals surface area contributed by atoms with E-state index in [-0.39, 0.29) is 17.9 Å². The van der Waals surface area contributed by atoms with Gasteiger partial charge in [0, 0.05) is 11.4 Å². The molecule has 11 nitrogen and oxygen atoms in total. The zero-order chi connectivity index (χ0) is 22.5. The van der Waals surface area contributed by atoms with Crippen molar-refractivity contribution in [1.29, 1.82) is 0 Å². The van der Waals surface area contributed by atoms with E-state index >= 15 is 0 Å². The summed E-state index contributed by atoms with van der Waals surface area (Å²) < 4.78 is 17.4. The highest BCUT2D eigenvalue weighted by atomic mass is 32.2. The standard InChI is InChI=1S/C20H20N6O5S/c1-3-30-18(27)16-14(21-19(28)22-17(16)15-5-4-10-31-15)11-32-20-23-24-25-26(20)12-6-8-13(29-2)9-7-12/h4-10,17H,3,11H2,1-2H3,(H2,21,22,28)/t17-/m0/s1. The number of ether oxygens (including phenoxy) is 2. The van der Waals surface area contributed by atoms with E-state index in [2.05, 4.69) is 26.2 Å². The SMILES string of the molecule is CCOC(=O)C1=C(CSc2nnnn2-c2ccc(OC)cc2)NC(=O)N[C@H]1c1ccco1. The second-order valence-electron chi connectivity index (χ2n) is 6.52. The summed E-state index contributed by atoms with van der Waals surface area (Å²) in [4.78, 5) is 25.0. The fourth-order valence-corrected chi connectivity index (χ4v) is 4.00. The molecule has 1 atom stereocenters. The van der Waals surface area contributed by atoms with Crippen LogP contribution < -0.4 is 15.4 Å². The monoisotopic (exact) mass is 456 g/mol. The van der Waals surface area contributed by atoms with Crippen LogP contribution in [0.2, 0.25) is 0 Å². The van der Waals surface area contributed by atoms with Crippen LogP contribution >= 0.6 is 11.8 Å². The molecule has 3 aromatic rings. The number of thioether (sulfide) groups is 1. The van der Waals surface area contributed by atoms with Gasteiger partial charge in [-0.05, 0) is 53.7 Å². The number of methoxy groups -OCH3 is 1. The number of hydrogen-bond acceptors (Lipinski definition) is 9. The van der Waals surface area contributed by atoms with Gasteiger partial charge in [-0.3, -0.25) is 0 Å². The average Bonchev–Trinajstić information content (AvgIpc) is 3.49. The van der Waals surface area contributed by atoms with Crippen molar-refractivity contribution in [3.05, 3.63) is 59.7 Å². The third-order valence-corrected chi connectivity index (χ3v) is 5.53. The Bertz CT molecular complexity index is 1130. The van der Waals surface area contributed by atoms with Crippen molar-refractivity contribution in [1.82, 2.24) is 30.8 Å². The molecule has 166 valence electrons. The molecule has 0 radical (unpaired) electrons. The van der Waals surface area contributed by atoms with Gasteiger partial charge < -0.3 is 24.5 Å². The minimum absolute atomic E-state index is 0.192. The minimum atomic E-state index is -0.772. The Morgan fingerprint density at radius 2 is 2.09 bits per heavy atom. The number of hydrogen-bond donors (Lipinski definition) is 2.